The Labute approximate surface area is 127 Å². The second kappa shape index (κ2) is 5.77. The Bertz CT molecular complexity index is 623. The zero-order valence-electron chi connectivity index (χ0n) is 13.1. The fourth-order valence-corrected chi connectivity index (χ4v) is 3.25. The molecule has 0 radical (unpaired) electrons. The Morgan fingerprint density at radius 1 is 0.952 bits per heavy atom. The van der Waals surface area contributed by atoms with Crippen LogP contribution >= 0.6 is 0 Å². The van der Waals surface area contributed by atoms with Crippen LogP contribution in [0.15, 0.2) is 71.9 Å². The SMILES string of the molecule is CC(C)=C1[C@@H](Cc2ccccc2)N1[C@@H](C)c1ccccc1. The van der Waals surface area contributed by atoms with E-state index in [0.29, 0.717) is 12.1 Å². The van der Waals surface area contributed by atoms with Crippen molar-refractivity contribution in [2.24, 2.45) is 0 Å². The van der Waals surface area contributed by atoms with E-state index in [2.05, 4.69) is 86.3 Å². The average Bonchev–Trinajstić information content (AvgIpc) is 3.22. The Morgan fingerprint density at radius 2 is 1.52 bits per heavy atom. The van der Waals surface area contributed by atoms with Gasteiger partial charge in [-0.2, -0.15) is 0 Å². The first-order valence-electron chi connectivity index (χ1n) is 7.73. The monoisotopic (exact) mass is 277 g/mol. The van der Waals surface area contributed by atoms with Gasteiger partial charge in [0.15, 0.2) is 0 Å². The maximum atomic E-state index is 2.57. The number of hydrogen-bond acceptors (Lipinski definition) is 1. The van der Waals surface area contributed by atoms with Crippen LogP contribution in [-0.2, 0) is 6.42 Å². The molecule has 0 bridgehead atoms. The van der Waals surface area contributed by atoms with Gasteiger partial charge < -0.3 is 4.90 Å². The van der Waals surface area contributed by atoms with E-state index >= 15 is 0 Å². The summed E-state index contributed by atoms with van der Waals surface area (Å²) in [6.07, 6.45) is 1.11. The molecule has 1 aliphatic heterocycles. The molecule has 0 N–H and O–H groups in total. The molecule has 1 nitrogen and oxygen atoms in total. The quantitative estimate of drug-likeness (QED) is 0.713. The predicted octanol–water partition coefficient (Wildman–Crippen LogP) is 4.97. The molecule has 0 aromatic heterocycles. The molecule has 0 aliphatic carbocycles. The topological polar surface area (TPSA) is 3.01 Å². The van der Waals surface area contributed by atoms with E-state index in [1.165, 1.54) is 22.4 Å². The van der Waals surface area contributed by atoms with Gasteiger partial charge in [0.1, 0.15) is 0 Å². The summed E-state index contributed by atoms with van der Waals surface area (Å²) in [6, 6.07) is 22.6. The van der Waals surface area contributed by atoms with Gasteiger partial charge in [-0.15, -0.1) is 0 Å². The van der Waals surface area contributed by atoms with Crippen LogP contribution in [0.4, 0.5) is 0 Å². The van der Waals surface area contributed by atoms with Crippen LogP contribution in [0.3, 0.4) is 0 Å². The van der Waals surface area contributed by atoms with Crippen molar-refractivity contribution in [1.82, 2.24) is 4.90 Å². The highest BCUT2D eigenvalue weighted by molar-refractivity contribution is 5.37. The molecule has 3 rings (SSSR count). The predicted molar refractivity (Wildman–Crippen MR) is 89.0 cm³/mol. The molecule has 0 spiro atoms. The van der Waals surface area contributed by atoms with Crippen molar-refractivity contribution in [2.45, 2.75) is 39.3 Å². The van der Waals surface area contributed by atoms with Gasteiger partial charge in [-0.25, -0.2) is 0 Å². The fraction of sp³-hybridized carbons (Fsp3) is 0.300. The highest BCUT2D eigenvalue weighted by atomic mass is 15.3. The van der Waals surface area contributed by atoms with Crippen LogP contribution in [0.1, 0.15) is 37.9 Å². The molecule has 1 fully saturated rings. The summed E-state index contributed by atoms with van der Waals surface area (Å²) in [7, 11) is 0. The maximum Gasteiger partial charge on any atom is 0.0734 e. The fourth-order valence-electron chi connectivity index (χ4n) is 3.25. The Hall–Kier alpha value is -2.02. The van der Waals surface area contributed by atoms with Crippen molar-refractivity contribution >= 4 is 0 Å². The number of benzene rings is 2. The third-order valence-electron chi connectivity index (χ3n) is 4.35. The molecule has 0 amide bonds. The summed E-state index contributed by atoms with van der Waals surface area (Å²) >= 11 is 0. The minimum absolute atomic E-state index is 0.449. The summed E-state index contributed by atoms with van der Waals surface area (Å²) in [5, 5.41) is 0. The van der Waals surface area contributed by atoms with Crippen molar-refractivity contribution in [1.29, 1.82) is 0 Å². The summed E-state index contributed by atoms with van der Waals surface area (Å²) in [5.74, 6) is 0. The van der Waals surface area contributed by atoms with Gasteiger partial charge >= 0.3 is 0 Å². The van der Waals surface area contributed by atoms with Crippen molar-refractivity contribution in [2.75, 3.05) is 0 Å². The highest BCUT2D eigenvalue weighted by Crippen LogP contribution is 2.45. The summed E-state index contributed by atoms with van der Waals surface area (Å²) < 4.78 is 0. The first kappa shape index (κ1) is 13.9. The minimum atomic E-state index is 0.449. The van der Waals surface area contributed by atoms with Gasteiger partial charge in [-0.1, -0.05) is 66.2 Å². The lowest BCUT2D eigenvalue weighted by atomic mass is 10.1. The first-order valence-corrected chi connectivity index (χ1v) is 7.73. The molecule has 2 aromatic carbocycles. The van der Waals surface area contributed by atoms with Crippen LogP contribution in [0.5, 0.6) is 0 Å². The van der Waals surface area contributed by atoms with Gasteiger partial charge in [0.25, 0.3) is 0 Å². The van der Waals surface area contributed by atoms with Gasteiger partial charge in [-0.05, 0) is 38.3 Å². The second-order valence-electron chi connectivity index (χ2n) is 6.08. The number of allylic oxidation sites excluding steroid dienone is 1. The minimum Gasteiger partial charge on any atom is -0.358 e. The molecular formula is C20H23N. The molecule has 0 unspecified atom stereocenters. The summed E-state index contributed by atoms with van der Waals surface area (Å²) in [5.41, 5.74) is 5.78. The lowest BCUT2D eigenvalue weighted by Crippen LogP contribution is -2.10. The lowest BCUT2D eigenvalue weighted by molar-refractivity contribution is 0.415. The molecule has 2 atom stereocenters. The van der Waals surface area contributed by atoms with Crippen LogP contribution < -0.4 is 0 Å². The van der Waals surface area contributed by atoms with Gasteiger partial charge in [-0.3, -0.25) is 0 Å². The van der Waals surface area contributed by atoms with E-state index in [0.717, 1.165) is 6.42 Å². The summed E-state index contributed by atoms with van der Waals surface area (Å²) in [6.45, 7) is 6.76. The number of hydrogen-bond donors (Lipinski definition) is 0. The van der Waals surface area contributed by atoms with E-state index in [1.807, 2.05) is 0 Å². The van der Waals surface area contributed by atoms with E-state index in [9.17, 15) is 0 Å². The van der Waals surface area contributed by atoms with E-state index in [4.69, 9.17) is 0 Å². The van der Waals surface area contributed by atoms with Crippen LogP contribution in [-0.4, -0.2) is 10.9 Å². The molecule has 21 heavy (non-hydrogen) atoms. The van der Waals surface area contributed by atoms with E-state index in [-0.39, 0.29) is 0 Å². The number of rotatable bonds is 4. The molecule has 2 aromatic rings. The molecule has 0 saturated carbocycles. The normalized spacial score (nSPS) is 18.5. The molecule has 108 valence electrons. The van der Waals surface area contributed by atoms with E-state index < -0.39 is 0 Å². The molecule has 1 saturated heterocycles. The van der Waals surface area contributed by atoms with Crippen LogP contribution in [0.2, 0.25) is 0 Å². The lowest BCUT2D eigenvalue weighted by Gasteiger charge is -2.15. The molecular weight excluding hydrogens is 254 g/mol. The van der Waals surface area contributed by atoms with Crippen LogP contribution in [0.25, 0.3) is 0 Å². The molecule has 1 heteroatoms. The third kappa shape index (κ3) is 2.87. The zero-order valence-corrected chi connectivity index (χ0v) is 13.1. The smallest absolute Gasteiger partial charge is 0.0734 e. The van der Waals surface area contributed by atoms with Crippen LogP contribution in [0, 0.1) is 0 Å². The average molecular weight is 277 g/mol. The van der Waals surface area contributed by atoms with Gasteiger partial charge in [0.05, 0.1) is 12.1 Å². The highest BCUT2D eigenvalue weighted by Gasteiger charge is 2.44. The van der Waals surface area contributed by atoms with E-state index in [1.54, 1.807) is 0 Å². The first-order chi connectivity index (χ1) is 10.2. The second-order valence-corrected chi connectivity index (χ2v) is 6.08. The summed E-state index contributed by atoms with van der Waals surface area (Å²) in [4.78, 5) is 2.57. The standard InChI is InChI=1S/C20H23N/c1-15(2)20-19(14-17-10-6-4-7-11-17)21(20)16(3)18-12-8-5-9-13-18/h4-13,16,19H,14H2,1-3H3/t16-,19+,21?/m0/s1. The molecule has 1 aliphatic rings. The van der Waals surface area contributed by atoms with Crippen molar-refractivity contribution in [3.05, 3.63) is 83.1 Å². The van der Waals surface area contributed by atoms with Crippen molar-refractivity contribution in [3.8, 4) is 0 Å². The molecule has 1 heterocycles. The number of nitrogens with zero attached hydrogens (tertiary/aromatic N) is 1. The zero-order chi connectivity index (χ0) is 14.8. The Balaban J connectivity index is 1.80. The van der Waals surface area contributed by atoms with Crippen molar-refractivity contribution < 1.29 is 0 Å². The third-order valence-corrected chi connectivity index (χ3v) is 4.35. The van der Waals surface area contributed by atoms with Gasteiger partial charge in [0.2, 0.25) is 0 Å². The van der Waals surface area contributed by atoms with Crippen molar-refractivity contribution in [3.63, 3.8) is 0 Å². The van der Waals surface area contributed by atoms with Gasteiger partial charge in [0, 0.05) is 5.70 Å². The largest absolute Gasteiger partial charge is 0.358 e. The Kier molecular flexibility index (Phi) is 3.83. The Morgan fingerprint density at radius 3 is 2.10 bits per heavy atom. The maximum absolute atomic E-state index is 2.57.